The first-order chi connectivity index (χ1) is 8.33. The Morgan fingerprint density at radius 2 is 2.11 bits per heavy atom. The van der Waals surface area contributed by atoms with E-state index in [4.69, 9.17) is 5.73 Å². The molecule has 0 amide bonds. The highest BCUT2D eigenvalue weighted by molar-refractivity contribution is 8.00. The Morgan fingerprint density at radius 3 is 2.67 bits per heavy atom. The minimum Gasteiger partial charge on any atom is -0.323 e. The molecule has 0 spiro atoms. The van der Waals surface area contributed by atoms with Crippen molar-refractivity contribution >= 4 is 11.8 Å². The van der Waals surface area contributed by atoms with Crippen LogP contribution in [0.25, 0.3) is 0 Å². The molecule has 18 heavy (non-hydrogen) atoms. The lowest BCUT2D eigenvalue weighted by atomic mass is 9.90. The number of hydrogen-bond donors (Lipinski definition) is 1. The molecule has 0 aromatic heterocycles. The van der Waals surface area contributed by atoms with Crippen molar-refractivity contribution in [2.24, 2.45) is 5.73 Å². The Balaban J connectivity index is 2.28. The summed E-state index contributed by atoms with van der Waals surface area (Å²) in [4.78, 5) is 0. The fraction of sp³-hybridized carbons (Fsp3) is 0.538. The van der Waals surface area contributed by atoms with Gasteiger partial charge >= 0.3 is 6.18 Å². The van der Waals surface area contributed by atoms with Crippen LogP contribution in [-0.2, 0) is 6.18 Å². The first-order valence-electron chi connectivity index (χ1n) is 5.90. The van der Waals surface area contributed by atoms with Crippen molar-refractivity contribution in [3.63, 3.8) is 0 Å². The standard InChI is InChI=1S/C13H16F3NS/c1-12(6-3-7-18-12)11(17)9-4-2-5-10(8-9)13(14,15)16/h2,4-5,8,11H,3,6-7,17H2,1H3. The Hall–Kier alpha value is -0.680. The highest BCUT2D eigenvalue weighted by Gasteiger charge is 2.38. The van der Waals surface area contributed by atoms with E-state index in [1.807, 2.05) is 6.92 Å². The molecule has 0 aliphatic carbocycles. The first kappa shape index (κ1) is 13.7. The molecule has 1 aromatic rings. The quantitative estimate of drug-likeness (QED) is 0.883. The lowest BCUT2D eigenvalue weighted by Crippen LogP contribution is -2.33. The van der Waals surface area contributed by atoms with E-state index < -0.39 is 11.7 Å². The van der Waals surface area contributed by atoms with E-state index in [1.54, 1.807) is 17.8 Å². The molecule has 2 rings (SSSR count). The van der Waals surface area contributed by atoms with E-state index in [-0.39, 0.29) is 10.8 Å². The van der Waals surface area contributed by atoms with Gasteiger partial charge in [-0.2, -0.15) is 24.9 Å². The summed E-state index contributed by atoms with van der Waals surface area (Å²) in [5.74, 6) is 1.03. The zero-order valence-corrected chi connectivity index (χ0v) is 10.9. The van der Waals surface area contributed by atoms with Gasteiger partial charge in [0.25, 0.3) is 0 Å². The van der Waals surface area contributed by atoms with E-state index in [0.717, 1.165) is 24.7 Å². The summed E-state index contributed by atoms with van der Waals surface area (Å²) in [5, 5.41) is 0. The maximum Gasteiger partial charge on any atom is 0.416 e. The van der Waals surface area contributed by atoms with Crippen LogP contribution in [0, 0.1) is 0 Å². The average Bonchev–Trinajstić information content (AvgIpc) is 2.75. The third-order valence-electron chi connectivity index (χ3n) is 3.48. The zero-order chi connectivity index (χ0) is 13.4. The summed E-state index contributed by atoms with van der Waals surface area (Å²) in [6.07, 6.45) is -2.28. The number of rotatable bonds is 2. The maximum absolute atomic E-state index is 12.7. The van der Waals surface area contributed by atoms with Crippen molar-refractivity contribution in [3.05, 3.63) is 35.4 Å². The van der Waals surface area contributed by atoms with Crippen molar-refractivity contribution < 1.29 is 13.2 Å². The van der Waals surface area contributed by atoms with Gasteiger partial charge in [-0.05, 0) is 43.2 Å². The van der Waals surface area contributed by atoms with Crippen LogP contribution in [-0.4, -0.2) is 10.5 Å². The molecule has 5 heteroatoms. The lowest BCUT2D eigenvalue weighted by molar-refractivity contribution is -0.137. The van der Waals surface area contributed by atoms with Crippen LogP contribution in [0.3, 0.4) is 0 Å². The molecule has 1 aliphatic heterocycles. The molecule has 0 bridgehead atoms. The SMILES string of the molecule is CC1(C(N)c2cccc(C(F)(F)F)c2)CCCS1. The van der Waals surface area contributed by atoms with Gasteiger partial charge in [-0.3, -0.25) is 0 Å². The van der Waals surface area contributed by atoms with Crippen LogP contribution in [0.15, 0.2) is 24.3 Å². The molecule has 2 N–H and O–H groups in total. The van der Waals surface area contributed by atoms with E-state index in [0.29, 0.717) is 5.56 Å². The predicted molar refractivity (Wildman–Crippen MR) is 68.5 cm³/mol. The van der Waals surface area contributed by atoms with Crippen molar-refractivity contribution in [1.82, 2.24) is 0 Å². The largest absolute Gasteiger partial charge is 0.416 e. The molecule has 2 unspecified atom stereocenters. The first-order valence-corrected chi connectivity index (χ1v) is 6.88. The predicted octanol–water partition coefficient (Wildman–Crippen LogP) is 3.99. The Labute approximate surface area is 109 Å². The summed E-state index contributed by atoms with van der Waals surface area (Å²) in [7, 11) is 0. The summed E-state index contributed by atoms with van der Waals surface area (Å²) >= 11 is 1.75. The van der Waals surface area contributed by atoms with Crippen molar-refractivity contribution in [2.75, 3.05) is 5.75 Å². The van der Waals surface area contributed by atoms with Crippen LogP contribution in [0.2, 0.25) is 0 Å². The van der Waals surface area contributed by atoms with E-state index >= 15 is 0 Å². The summed E-state index contributed by atoms with van der Waals surface area (Å²) in [6, 6.07) is 5.02. The molecule has 1 aromatic carbocycles. The minimum absolute atomic E-state index is 0.149. The third-order valence-corrected chi connectivity index (χ3v) is 5.09. The lowest BCUT2D eigenvalue weighted by Gasteiger charge is -2.30. The molecule has 1 saturated heterocycles. The second kappa shape index (κ2) is 4.78. The Bertz CT molecular complexity index is 424. The molecular formula is C13H16F3NS. The van der Waals surface area contributed by atoms with Gasteiger partial charge < -0.3 is 5.73 Å². The van der Waals surface area contributed by atoms with Gasteiger partial charge in [0.15, 0.2) is 0 Å². The second-order valence-electron chi connectivity index (χ2n) is 4.87. The van der Waals surface area contributed by atoms with E-state index in [9.17, 15) is 13.2 Å². The van der Waals surface area contributed by atoms with Crippen molar-refractivity contribution in [1.29, 1.82) is 0 Å². The molecule has 1 aliphatic rings. The number of benzene rings is 1. The monoisotopic (exact) mass is 275 g/mol. The van der Waals surface area contributed by atoms with Gasteiger partial charge in [-0.15, -0.1) is 0 Å². The number of thioether (sulfide) groups is 1. The van der Waals surface area contributed by atoms with E-state index in [2.05, 4.69) is 0 Å². The van der Waals surface area contributed by atoms with E-state index in [1.165, 1.54) is 12.1 Å². The summed E-state index contributed by atoms with van der Waals surface area (Å²) in [5.41, 5.74) is 6.11. The van der Waals surface area contributed by atoms with Crippen LogP contribution in [0.1, 0.15) is 36.9 Å². The number of nitrogens with two attached hydrogens (primary N) is 1. The Kier molecular flexibility index (Phi) is 3.65. The molecule has 1 fully saturated rings. The molecular weight excluding hydrogens is 259 g/mol. The molecule has 0 radical (unpaired) electrons. The smallest absolute Gasteiger partial charge is 0.323 e. The second-order valence-corrected chi connectivity index (χ2v) is 6.50. The van der Waals surface area contributed by atoms with Gasteiger partial charge in [0, 0.05) is 10.8 Å². The molecule has 0 saturated carbocycles. The molecule has 1 heterocycles. The van der Waals surface area contributed by atoms with Gasteiger partial charge in [0.05, 0.1) is 5.56 Å². The highest BCUT2D eigenvalue weighted by atomic mass is 32.2. The van der Waals surface area contributed by atoms with Crippen LogP contribution >= 0.6 is 11.8 Å². The van der Waals surface area contributed by atoms with Gasteiger partial charge in [-0.25, -0.2) is 0 Å². The Morgan fingerprint density at radius 1 is 1.39 bits per heavy atom. The fourth-order valence-electron chi connectivity index (χ4n) is 2.31. The number of hydrogen-bond acceptors (Lipinski definition) is 2. The normalized spacial score (nSPS) is 26.3. The van der Waals surface area contributed by atoms with Gasteiger partial charge in [0.1, 0.15) is 0 Å². The zero-order valence-electron chi connectivity index (χ0n) is 10.1. The fourth-order valence-corrected chi connectivity index (χ4v) is 3.67. The van der Waals surface area contributed by atoms with Crippen molar-refractivity contribution in [3.8, 4) is 0 Å². The molecule has 2 atom stereocenters. The maximum atomic E-state index is 12.7. The van der Waals surface area contributed by atoms with Crippen molar-refractivity contribution in [2.45, 2.75) is 36.7 Å². The minimum atomic E-state index is -4.31. The third kappa shape index (κ3) is 2.67. The number of halogens is 3. The molecule has 1 nitrogen and oxygen atoms in total. The number of alkyl halides is 3. The summed E-state index contributed by atoms with van der Waals surface area (Å²) in [6.45, 7) is 2.04. The topological polar surface area (TPSA) is 26.0 Å². The van der Waals surface area contributed by atoms with Crippen LogP contribution in [0.5, 0.6) is 0 Å². The van der Waals surface area contributed by atoms with Crippen LogP contribution in [0.4, 0.5) is 13.2 Å². The molecule has 100 valence electrons. The average molecular weight is 275 g/mol. The van der Waals surface area contributed by atoms with Gasteiger partial charge in [-0.1, -0.05) is 12.1 Å². The summed E-state index contributed by atoms with van der Waals surface area (Å²) < 4.78 is 37.8. The van der Waals surface area contributed by atoms with Crippen LogP contribution < -0.4 is 5.73 Å². The van der Waals surface area contributed by atoms with Gasteiger partial charge in [0.2, 0.25) is 0 Å². The highest BCUT2D eigenvalue weighted by Crippen LogP contribution is 2.45.